The van der Waals surface area contributed by atoms with Gasteiger partial charge in [-0.25, -0.2) is 0 Å². The highest BCUT2D eigenvalue weighted by molar-refractivity contribution is 14.1. The minimum atomic E-state index is 0.222. The van der Waals surface area contributed by atoms with Gasteiger partial charge in [0.2, 0.25) is 0 Å². The molecule has 0 aliphatic rings. The number of hydrogen-bond donors (Lipinski definition) is 0. The standard InChI is InChI=1S/C7H12I2O/c1-3-5(8)7(10)6(9)4-2/h5-6H,3-4H2,1-2H3/t5-,6+. The zero-order chi connectivity index (χ0) is 8.15. The van der Waals surface area contributed by atoms with Crippen LogP contribution in [0, 0.1) is 0 Å². The van der Waals surface area contributed by atoms with Gasteiger partial charge in [0, 0.05) is 0 Å². The van der Waals surface area contributed by atoms with E-state index in [1.165, 1.54) is 0 Å². The molecule has 0 bridgehead atoms. The van der Waals surface area contributed by atoms with Crippen LogP contribution in [-0.2, 0) is 4.79 Å². The van der Waals surface area contributed by atoms with Gasteiger partial charge in [-0.2, -0.15) is 0 Å². The SMILES string of the molecule is CC[C@@H](I)C(=O)[C@@H](I)CC. The van der Waals surface area contributed by atoms with Gasteiger partial charge in [0.05, 0.1) is 7.85 Å². The molecule has 0 aromatic heterocycles. The first-order valence-corrected chi connectivity index (χ1v) is 5.94. The van der Waals surface area contributed by atoms with E-state index in [-0.39, 0.29) is 7.85 Å². The Bertz CT molecular complexity index is 102. The third kappa shape index (κ3) is 3.50. The Labute approximate surface area is 89.6 Å². The van der Waals surface area contributed by atoms with Gasteiger partial charge in [-0.15, -0.1) is 0 Å². The molecular weight excluding hydrogens is 354 g/mol. The van der Waals surface area contributed by atoms with Crippen molar-refractivity contribution in [2.24, 2.45) is 0 Å². The zero-order valence-corrected chi connectivity index (χ0v) is 10.5. The van der Waals surface area contributed by atoms with Gasteiger partial charge in [-0.1, -0.05) is 59.0 Å². The fraction of sp³-hybridized carbons (Fsp3) is 0.857. The number of alkyl halides is 2. The first-order valence-electron chi connectivity index (χ1n) is 3.45. The van der Waals surface area contributed by atoms with E-state index >= 15 is 0 Å². The molecule has 0 aromatic rings. The van der Waals surface area contributed by atoms with Crippen LogP contribution in [0.25, 0.3) is 0 Å². The van der Waals surface area contributed by atoms with Crippen molar-refractivity contribution < 1.29 is 4.79 Å². The molecule has 10 heavy (non-hydrogen) atoms. The average molecular weight is 366 g/mol. The van der Waals surface area contributed by atoms with E-state index in [1.54, 1.807) is 0 Å². The van der Waals surface area contributed by atoms with E-state index in [2.05, 4.69) is 45.2 Å². The number of rotatable bonds is 4. The van der Waals surface area contributed by atoms with E-state index in [9.17, 15) is 4.79 Å². The summed E-state index contributed by atoms with van der Waals surface area (Å²) in [6.45, 7) is 4.10. The van der Waals surface area contributed by atoms with Gasteiger partial charge in [0.1, 0.15) is 0 Å². The second kappa shape index (κ2) is 5.74. The van der Waals surface area contributed by atoms with Gasteiger partial charge >= 0.3 is 0 Å². The van der Waals surface area contributed by atoms with Crippen molar-refractivity contribution in [3.8, 4) is 0 Å². The maximum Gasteiger partial charge on any atom is 0.158 e. The minimum absolute atomic E-state index is 0.222. The maximum absolute atomic E-state index is 11.3. The van der Waals surface area contributed by atoms with Crippen LogP contribution < -0.4 is 0 Å². The second-order valence-corrected chi connectivity index (χ2v) is 5.16. The molecule has 0 radical (unpaired) electrons. The van der Waals surface area contributed by atoms with Crippen molar-refractivity contribution in [3.63, 3.8) is 0 Å². The molecule has 0 spiro atoms. The Morgan fingerprint density at radius 3 is 1.70 bits per heavy atom. The predicted octanol–water partition coefficient (Wildman–Crippen LogP) is 2.98. The van der Waals surface area contributed by atoms with E-state index in [1.807, 2.05) is 13.8 Å². The van der Waals surface area contributed by atoms with Gasteiger partial charge in [0.15, 0.2) is 5.78 Å². The summed E-state index contributed by atoms with van der Waals surface area (Å²) in [4.78, 5) is 11.3. The predicted molar refractivity (Wildman–Crippen MR) is 61.2 cm³/mol. The average Bonchev–Trinajstić information content (AvgIpc) is 2.00. The molecule has 0 saturated carbocycles. The van der Waals surface area contributed by atoms with Crippen LogP contribution in [0.15, 0.2) is 0 Å². The zero-order valence-electron chi connectivity index (χ0n) is 6.23. The van der Waals surface area contributed by atoms with Gasteiger partial charge in [-0.3, -0.25) is 4.79 Å². The minimum Gasteiger partial charge on any atom is -0.297 e. The van der Waals surface area contributed by atoms with Crippen LogP contribution in [0.4, 0.5) is 0 Å². The normalized spacial score (nSPS) is 16.4. The Kier molecular flexibility index (Phi) is 6.39. The molecule has 0 unspecified atom stereocenters. The number of Topliss-reactive ketones (excluding diaryl/α,β-unsaturated/α-hetero) is 1. The molecule has 0 aromatic carbocycles. The fourth-order valence-corrected chi connectivity index (χ4v) is 2.15. The first-order chi connectivity index (χ1) is 4.63. The quantitative estimate of drug-likeness (QED) is 0.553. The summed E-state index contributed by atoms with van der Waals surface area (Å²) >= 11 is 4.43. The summed E-state index contributed by atoms with van der Waals surface area (Å²) < 4.78 is 0.443. The van der Waals surface area contributed by atoms with Crippen LogP contribution in [-0.4, -0.2) is 13.6 Å². The van der Waals surface area contributed by atoms with Crippen LogP contribution in [0.2, 0.25) is 0 Å². The molecule has 0 aliphatic carbocycles. The molecule has 3 heteroatoms. The highest BCUT2D eigenvalue weighted by atomic mass is 127. The highest BCUT2D eigenvalue weighted by Crippen LogP contribution is 2.16. The molecule has 1 nitrogen and oxygen atoms in total. The van der Waals surface area contributed by atoms with Crippen LogP contribution in [0.5, 0.6) is 0 Å². The molecule has 0 amide bonds. The summed E-state index contributed by atoms with van der Waals surface area (Å²) in [5.41, 5.74) is 0. The lowest BCUT2D eigenvalue weighted by Crippen LogP contribution is -2.22. The Morgan fingerprint density at radius 2 is 1.50 bits per heavy atom. The molecule has 0 saturated heterocycles. The number of hydrogen-bond acceptors (Lipinski definition) is 1. The largest absolute Gasteiger partial charge is 0.297 e. The summed E-state index contributed by atoms with van der Waals surface area (Å²) in [6, 6.07) is 0. The van der Waals surface area contributed by atoms with E-state index in [4.69, 9.17) is 0 Å². The lowest BCUT2D eigenvalue weighted by Gasteiger charge is -2.09. The summed E-state index contributed by atoms with van der Waals surface area (Å²) in [5, 5.41) is 0. The van der Waals surface area contributed by atoms with Crippen LogP contribution in [0.3, 0.4) is 0 Å². The summed E-state index contributed by atoms with van der Waals surface area (Å²) in [7, 11) is 0. The van der Waals surface area contributed by atoms with Crippen molar-refractivity contribution >= 4 is 51.0 Å². The summed E-state index contributed by atoms with van der Waals surface area (Å²) in [5.74, 6) is 0.395. The maximum atomic E-state index is 11.3. The highest BCUT2D eigenvalue weighted by Gasteiger charge is 2.18. The van der Waals surface area contributed by atoms with Crippen LogP contribution in [0.1, 0.15) is 26.7 Å². The van der Waals surface area contributed by atoms with E-state index in [0.717, 1.165) is 12.8 Å². The number of halogens is 2. The Hall–Kier alpha value is 1.13. The van der Waals surface area contributed by atoms with Crippen molar-refractivity contribution in [2.75, 3.05) is 0 Å². The fourth-order valence-electron chi connectivity index (χ4n) is 0.599. The molecular formula is C7H12I2O. The molecule has 60 valence electrons. The molecule has 0 aliphatic heterocycles. The van der Waals surface area contributed by atoms with Gasteiger partial charge in [-0.05, 0) is 12.8 Å². The first kappa shape index (κ1) is 11.1. The van der Waals surface area contributed by atoms with Crippen LogP contribution >= 0.6 is 45.2 Å². The van der Waals surface area contributed by atoms with Gasteiger partial charge < -0.3 is 0 Å². The molecule has 2 atom stereocenters. The third-order valence-corrected chi connectivity index (χ3v) is 4.32. The second-order valence-electron chi connectivity index (χ2n) is 2.15. The third-order valence-electron chi connectivity index (χ3n) is 1.33. The molecule has 0 rings (SSSR count). The number of ketones is 1. The topological polar surface area (TPSA) is 17.1 Å². The number of carbonyl (C=O) groups is 1. The smallest absolute Gasteiger partial charge is 0.158 e. The van der Waals surface area contributed by atoms with Gasteiger partial charge in [0.25, 0.3) is 0 Å². The lowest BCUT2D eigenvalue weighted by molar-refractivity contribution is -0.117. The van der Waals surface area contributed by atoms with E-state index < -0.39 is 0 Å². The Morgan fingerprint density at radius 1 is 1.20 bits per heavy atom. The molecule has 0 N–H and O–H groups in total. The lowest BCUT2D eigenvalue weighted by atomic mass is 10.1. The molecule has 0 heterocycles. The summed E-state index contributed by atoms with van der Waals surface area (Å²) in [6.07, 6.45) is 1.91. The van der Waals surface area contributed by atoms with Crippen molar-refractivity contribution in [1.29, 1.82) is 0 Å². The number of carbonyl (C=O) groups excluding carboxylic acids is 1. The monoisotopic (exact) mass is 366 g/mol. The Balaban J connectivity index is 3.82. The van der Waals surface area contributed by atoms with Crippen molar-refractivity contribution in [2.45, 2.75) is 34.5 Å². The van der Waals surface area contributed by atoms with E-state index in [0.29, 0.717) is 5.78 Å². The molecule has 0 fully saturated rings. The van der Waals surface area contributed by atoms with Crippen molar-refractivity contribution in [3.05, 3.63) is 0 Å². The van der Waals surface area contributed by atoms with Crippen molar-refractivity contribution in [1.82, 2.24) is 0 Å².